The van der Waals surface area contributed by atoms with E-state index < -0.39 is 21.6 Å². The zero-order chi connectivity index (χ0) is 20.9. The first-order valence-corrected chi connectivity index (χ1v) is 11.2. The summed E-state index contributed by atoms with van der Waals surface area (Å²) in [6.07, 6.45) is 0. The third-order valence-corrected chi connectivity index (χ3v) is 7.17. The highest BCUT2D eigenvalue weighted by atomic mass is 35.5. The number of hydrogen-bond donors (Lipinski definition) is 0. The largest absolute Gasteiger partial charge is 0.291 e. The fourth-order valence-electron chi connectivity index (χ4n) is 3.22. The summed E-state index contributed by atoms with van der Waals surface area (Å²) in [5, 5.41) is 5.82. The van der Waals surface area contributed by atoms with Crippen LogP contribution in [-0.2, 0) is 16.6 Å². The Bertz CT molecular complexity index is 1240. The Morgan fingerprint density at radius 1 is 1.00 bits per heavy atom. The van der Waals surface area contributed by atoms with Crippen LogP contribution in [0.25, 0.3) is 16.9 Å². The van der Waals surface area contributed by atoms with Crippen LogP contribution >= 0.6 is 34.8 Å². The number of Topliss-reactive ketones (excluding diaryl/α,β-unsaturated/α-hetero) is 1. The van der Waals surface area contributed by atoms with E-state index in [2.05, 4.69) is 5.10 Å². The molecule has 0 unspecified atom stereocenters. The van der Waals surface area contributed by atoms with Gasteiger partial charge in [-0.05, 0) is 30.3 Å². The number of aromatic nitrogens is 2. The molecular formula is C19H14Cl3N3O3S. The van der Waals surface area contributed by atoms with Crippen LogP contribution in [0.4, 0.5) is 0 Å². The minimum atomic E-state index is -3.71. The fourth-order valence-corrected chi connectivity index (χ4v) is 4.85. The molecule has 0 amide bonds. The van der Waals surface area contributed by atoms with Crippen molar-refractivity contribution in [2.24, 2.45) is 0 Å². The molecule has 0 radical (unpaired) electrons. The Labute approximate surface area is 182 Å². The molecule has 0 N–H and O–H groups in total. The van der Waals surface area contributed by atoms with Gasteiger partial charge >= 0.3 is 0 Å². The molecule has 150 valence electrons. The van der Waals surface area contributed by atoms with Crippen molar-refractivity contribution in [1.82, 2.24) is 14.1 Å². The Morgan fingerprint density at radius 2 is 1.66 bits per heavy atom. The molecule has 0 saturated carbocycles. The summed E-state index contributed by atoms with van der Waals surface area (Å²) in [5.74, 6) is -1.20. The van der Waals surface area contributed by atoms with Gasteiger partial charge in [0.15, 0.2) is 5.78 Å². The summed E-state index contributed by atoms with van der Waals surface area (Å²) >= 11 is 18.4. The lowest BCUT2D eigenvalue weighted by Gasteiger charge is -2.16. The van der Waals surface area contributed by atoms with Crippen molar-refractivity contribution in [3.63, 3.8) is 0 Å². The first kappa shape index (κ1) is 20.4. The van der Waals surface area contributed by atoms with E-state index in [0.717, 1.165) is 9.87 Å². The van der Waals surface area contributed by atoms with Gasteiger partial charge in [-0.3, -0.25) is 4.79 Å². The summed E-state index contributed by atoms with van der Waals surface area (Å²) in [6, 6.07) is 11.9. The molecular weight excluding hydrogens is 457 g/mol. The molecule has 4 rings (SSSR count). The first-order chi connectivity index (χ1) is 13.7. The number of ketones is 1. The number of nitrogens with zero attached hydrogens (tertiary/aromatic N) is 3. The Balaban J connectivity index is 2.03. The maximum Gasteiger partial charge on any atom is 0.221 e. The molecule has 0 atom stereocenters. The van der Waals surface area contributed by atoms with Crippen molar-refractivity contribution in [2.75, 3.05) is 12.8 Å². The van der Waals surface area contributed by atoms with Crippen molar-refractivity contribution in [1.29, 1.82) is 0 Å². The highest BCUT2D eigenvalue weighted by molar-refractivity contribution is 7.89. The Morgan fingerprint density at radius 3 is 2.31 bits per heavy atom. The highest BCUT2D eigenvalue weighted by Gasteiger charge is 2.35. The van der Waals surface area contributed by atoms with E-state index in [-0.39, 0.29) is 12.2 Å². The summed E-state index contributed by atoms with van der Waals surface area (Å²) in [5.41, 5.74) is 2.42. The monoisotopic (exact) mass is 469 g/mol. The van der Waals surface area contributed by atoms with E-state index in [1.54, 1.807) is 47.1 Å². The summed E-state index contributed by atoms with van der Waals surface area (Å²) in [6.45, 7) is 0.00652. The molecule has 1 aliphatic rings. The van der Waals surface area contributed by atoms with Crippen LogP contribution in [0.5, 0.6) is 0 Å². The Kier molecular flexibility index (Phi) is 5.21. The molecule has 1 aromatic heterocycles. The van der Waals surface area contributed by atoms with Crippen LogP contribution in [0.2, 0.25) is 15.1 Å². The molecule has 6 nitrogen and oxygen atoms in total. The van der Waals surface area contributed by atoms with Gasteiger partial charge < -0.3 is 0 Å². The number of fused-ring (bicyclic) bond motifs is 1. The van der Waals surface area contributed by atoms with Gasteiger partial charge in [0, 0.05) is 34.8 Å². The number of carbonyl (C=O) groups excluding carboxylic acids is 1. The molecule has 2 heterocycles. The van der Waals surface area contributed by atoms with Gasteiger partial charge in [-0.2, -0.15) is 5.10 Å². The molecule has 3 aromatic rings. The lowest BCUT2D eigenvalue weighted by molar-refractivity contribution is 0.101. The molecule has 2 aromatic carbocycles. The van der Waals surface area contributed by atoms with Gasteiger partial charge in [-0.25, -0.2) is 17.4 Å². The van der Waals surface area contributed by atoms with Crippen LogP contribution in [0, 0.1) is 0 Å². The fraction of sp³-hybridized carbons (Fsp3) is 0.158. The Hall–Kier alpha value is -1.90. The minimum absolute atomic E-state index is 0.00652. The van der Waals surface area contributed by atoms with Crippen molar-refractivity contribution in [3.05, 3.63) is 68.8 Å². The van der Waals surface area contributed by atoms with Gasteiger partial charge in [0.2, 0.25) is 10.0 Å². The molecule has 1 aliphatic heterocycles. The predicted octanol–water partition coefficient (Wildman–Crippen LogP) is 4.46. The lowest BCUT2D eigenvalue weighted by Crippen LogP contribution is -2.29. The smallest absolute Gasteiger partial charge is 0.221 e. The van der Waals surface area contributed by atoms with E-state index in [9.17, 15) is 13.2 Å². The van der Waals surface area contributed by atoms with E-state index >= 15 is 0 Å². The van der Waals surface area contributed by atoms with Crippen LogP contribution in [-0.4, -0.2) is 41.1 Å². The quantitative estimate of drug-likeness (QED) is 0.554. The van der Waals surface area contributed by atoms with Crippen molar-refractivity contribution >= 4 is 50.6 Å². The van der Waals surface area contributed by atoms with Crippen LogP contribution in [0.1, 0.15) is 16.1 Å². The molecule has 0 bridgehead atoms. The van der Waals surface area contributed by atoms with E-state index in [0.29, 0.717) is 32.0 Å². The number of rotatable bonds is 2. The second-order valence-electron chi connectivity index (χ2n) is 6.63. The average Bonchev–Trinajstić information content (AvgIpc) is 2.97. The van der Waals surface area contributed by atoms with E-state index in [1.807, 2.05) is 0 Å². The van der Waals surface area contributed by atoms with Crippen molar-refractivity contribution in [2.45, 2.75) is 6.54 Å². The summed E-state index contributed by atoms with van der Waals surface area (Å²) < 4.78 is 27.4. The standard InChI is InChI=1S/C19H14Cl3N3O3S/c1-24-9-14-18(17(26)10-29(24,27)28)23-25(16-7-6-13(21)8-15(16)22)19(14)11-2-4-12(20)5-3-11/h2-8H,9-10H2,1H3. The zero-order valence-corrected chi connectivity index (χ0v) is 18.1. The second kappa shape index (κ2) is 7.41. The van der Waals surface area contributed by atoms with Crippen molar-refractivity contribution < 1.29 is 13.2 Å². The highest BCUT2D eigenvalue weighted by Crippen LogP contribution is 2.35. The van der Waals surface area contributed by atoms with Gasteiger partial charge in [0.05, 0.1) is 16.4 Å². The van der Waals surface area contributed by atoms with E-state index in [1.165, 1.54) is 7.05 Å². The van der Waals surface area contributed by atoms with Gasteiger partial charge in [-0.1, -0.05) is 46.9 Å². The average molecular weight is 471 g/mol. The van der Waals surface area contributed by atoms with Gasteiger partial charge in [0.1, 0.15) is 11.4 Å². The molecule has 0 fully saturated rings. The van der Waals surface area contributed by atoms with Crippen LogP contribution in [0.15, 0.2) is 42.5 Å². The molecule has 0 saturated heterocycles. The number of benzene rings is 2. The number of sulfonamides is 1. The molecule has 0 spiro atoms. The van der Waals surface area contributed by atoms with Gasteiger partial charge in [0.25, 0.3) is 0 Å². The predicted molar refractivity (Wildman–Crippen MR) is 114 cm³/mol. The number of halogens is 3. The second-order valence-corrected chi connectivity index (χ2v) is 9.98. The third kappa shape index (κ3) is 3.69. The molecule has 10 heteroatoms. The lowest BCUT2D eigenvalue weighted by atomic mass is 10.0. The number of carbonyl (C=O) groups is 1. The molecule has 29 heavy (non-hydrogen) atoms. The van der Waals surface area contributed by atoms with Crippen LogP contribution < -0.4 is 0 Å². The summed E-state index contributed by atoms with van der Waals surface area (Å²) in [4.78, 5) is 12.7. The SMILES string of the molecule is CN1Cc2c(nn(-c3ccc(Cl)cc3Cl)c2-c2ccc(Cl)cc2)C(=O)CS1(=O)=O. The topological polar surface area (TPSA) is 72.3 Å². The number of hydrogen-bond acceptors (Lipinski definition) is 4. The normalized spacial score (nSPS) is 16.5. The minimum Gasteiger partial charge on any atom is -0.291 e. The van der Waals surface area contributed by atoms with Gasteiger partial charge in [-0.15, -0.1) is 0 Å². The van der Waals surface area contributed by atoms with Crippen molar-refractivity contribution in [3.8, 4) is 16.9 Å². The summed E-state index contributed by atoms with van der Waals surface area (Å²) in [7, 11) is -2.27. The maximum atomic E-state index is 12.7. The third-order valence-electron chi connectivity index (χ3n) is 4.67. The first-order valence-electron chi connectivity index (χ1n) is 8.48. The van der Waals surface area contributed by atoms with Crippen LogP contribution in [0.3, 0.4) is 0 Å². The maximum absolute atomic E-state index is 12.7. The molecule has 0 aliphatic carbocycles. The van der Waals surface area contributed by atoms with E-state index in [4.69, 9.17) is 34.8 Å². The zero-order valence-electron chi connectivity index (χ0n) is 15.1.